The number of alkyl carbamates (subject to hydrolysis) is 1. The first-order valence-electron chi connectivity index (χ1n) is 16.3. The van der Waals surface area contributed by atoms with Crippen LogP contribution in [-0.2, 0) is 35.0 Å². The SMILES string of the molecule is COC1C(OC(=O)NCCCCCCNC(=O)CN[C@@H](Cc2ccccc2)C(N)=O)CC[C@]2(CO2)C1C1(C)O[C@@H]1CC=C(C)C. The summed E-state index contributed by atoms with van der Waals surface area (Å²) in [5, 5.41) is 8.71. The van der Waals surface area contributed by atoms with Crippen molar-refractivity contribution in [2.45, 2.75) is 108 Å². The predicted octanol–water partition coefficient (Wildman–Crippen LogP) is 3.15. The number of allylic oxidation sites excluding steroid dienone is 1. The number of ether oxygens (including phenoxy) is 4. The standard InChI is InChI=1S/C34H52N4O7/c1-23(2)14-15-27-33(3,45-27)30-29(42-4)26(16-17-34(30)22-43-34)44-32(41)37-19-11-6-5-10-18-36-28(39)21-38-25(31(35)40)20-24-12-8-7-9-13-24/h7-9,12-14,25-27,29-30,38H,5-6,10-11,15-22H2,1-4H3,(H2,35,40)(H,36,39)(H,37,41)/t25-,26?,27+,29?,30?,33?,34-/m0/s1. The Kier molecular flexibility index (Phi) is 12.4. The molecule has 45 heavy (non-hydrogen) atoms. The molecule has 2 saturated heterocycles. The van der Waals surface area contributed by atoms with Gasteiger partial charge >= 0.3 is 6.09 Å². The molecule has 7 atom stereocenters. The fourth-order valence-corrected chi connectivity index (χ4v) is 6.67. The highest BCUT2D eigenvalue weighted by atomic mass is 16.6. The zero-order valence-electron chi connectivity index (χ0n) is 27.3. The third kappa shape index (κ3) is 9.75. The van der Waals surface area contributed by atoms with E-state index in [0.29, 0.717) is 32.5 Å². The number of carbonyl (C=O) groups excluding carboxylic acids is 3. The van der Waals surface area contributed by atoms with E-state index in [-0.39, 0.29) is 47.9 Å². The lowest BCUT2D eigenvalue weighted by Crippen LogP contribution is -2.56. The highest BCUT2D eigenvalue weighted by Crippen LogP contribution is 2.59. The summed E-state index contributed by atoms with van der Waals surface area (Å²) in [6.07, 6.45) is 7.43. The van der Waals surface area contributed by atoms with Gasteiger partial charge in [0.1, 0.15) is 23.4 Å². The average Bonchev–Trinajstić information content (AvgIpc) is 3.93. The van der Waals surface area contributed by atoms with Crippen molar-refractivity contribution in [2.75, 3.05) is 33.4 Å². The Morgan fingerprint density at radius 2 is 1.78 bits per heavy atom. The van der Waals surface area contributed by atoms with Gasteiger partial charge in [-0.1, -0.05) is 54.8 Å². The minimum absolute atomic E-state index is 0.00717. The average molecular weight is 629 g/mol. The van der Waals surface area contributed by atoms with E-state index in [2.05, 4.69) is 42.8 Å². The van der Waals surface area contributed by atoms with Gasteiger partial charge in [-0.3, -0.25) is 14.9 Å². The smallest absolute Gasteiger partial charge is 0.407 e. The Labute approximate surface area is 267 Å². The normalized spacial score (nSPS) is 29.0. The minimum atomic E-state index is -0.610. The van der Waals surface area contributed by atoms with Gasteiger partial charge in [0, 0.05) is 20.2 Å². The Morgan fingerprint density at radius 3 is 2.40 bits per heavy atom. The molecule has 3 aliphatic rings. The number of rotatable bonds is 18. The first-order valence-corrected chi connectivity index (χ1v) is 16.3. The van der Waals surface area contributed by atoms with E-state index in [0.717, 1.165) is 44.1 Å². The number of nitrogens with two attached hydrogens (primary N) is 1. The summed E-state index contributed by atoms with van der Waals surface area (Å²) >= 11 is 0. The molecule has 5 N–H and O–H groups in total. The molecule has 0 radical (unpaired) electrons. The van der Waals surface area contributed by atoms with Crippen molar-refractivity contribution in [3.05, 3.63) is 47.5 Å². The van der Waals surface area contributed by atoms with Crippen molar-refractivity contribution in [1.82, 2.24) is 16.0 Å². The van der Waals surface area contributed by atoms with Crippen LogP contribution in [0, 0.1) is 5.92 Å². The molecule has 1 aromatic rings. The van der Waals surface area contributed by atoms with Crippen LogP contribution < -0.4 is 21.7 Å². The summed E-state index contributed by atoms with van der Waals surface area (Å²) in [7, 11) is 1.67. The van der Waals surface area contributed by atoms with E-state index in [1.165, 1.54) is 5.57 Å². The van der Waals surface area contributed by atoms with Crippen LogP contribution >= 0.6 is 0 Å². The summed E-state index contributed by atoms with van der Waals surface area (Å²) in [6, 6.07) is 8.94. The van der Waals surface area contributed by atoms with Gasteiger partial charge < -0.3 is 35.3 Å². The quantitative estimate of drug-likeness (QED) is 0.110. The number of hydrogen-bond donors (Lipinski definition) is 4. The monoisotopic (exact) mass is 628 g/mol. The lowest BCUT2D eigenvalue weighted by Gasteiger charge is -2.42. The molecule has 1 aliphatic carbocycles. The van der Waals surface area contributed by atoms with Gasteiger partial charge in [-0.15, -0.1) is 0 Å². The van der Waals surface area contributed by atoms with Crippen LogP contribution in [0.15, 0.2) is 42.0 Å². The van der Waals surface area contributed by atoms with E-state index in [9.17, 15) is 14.4 Å². The van der Waals surface area contributed by atoms with Gasteiger partial charge in [0.25, 0.3) is 0 Å². The van der Waals surface area contributed by atoms with Crippen LogP contribution in [0.3, 0.4) is 0 Å². The van der Waals surface area contributed by atoms with Crippen LogP contribution in [0.25, 0.3) is 0 Å². The number of amides is 3. The molecule has 250 valence electrons. The van der Waals surface area contributed by atoms with E-state index >= 15 is 0 Å². The second-order valence-electron chi connectivity index (χ2n) is 13.0. The topological polar surface area (TPSA) is 157 Å². The molecular weight excluding hydrogens is 576 g/mol. The number of epoxide rings is 2. The van der Waals surface area contributed by atoms with Gasteiger partial charge in [-0.25, -0.2) is 4.79 Å². The summed E-state index contributed by atoms with van der Waals surface area (Å²) in [4.78, 5) is 36.7. The third-order valence-electron chi connectivity index (χ3n) is 9.33. The minimum Gasteiger partial charge on any atom is -0.443 e. The van der Waals surface area contributed by atoms with Crippen LogP contribution in [-0.4, -0.2) is 86.8 Å². The fraction of sp³-hybridized carbons (Fsp3) is 0.676. The van der Waals surface area contributed by atoms with Crippen molar-refractivity contribution in [3.8, 4) is 0 Å². The molecule has 1 aromatic carbocycles. The summed E-state index contributed by atoms with van der Waals surface area (Å²) in [5.74, 6) is -0.673. The van der Waals surface area contributed by atoms with Crippen molar-refractivity contribution in [1.29, 1.82) is 0 Å². The Bertz CT molecular complexity index is 1170. The van der Waals surface area contributed by atoms with Gasteiger partial charge in [-0.05, 0) is 64.9 Å². The van der Waals surface area contributed by atoms with Crippen LogP contribution in [0.2, 0.25) is 0 Å². The number of primary amides is 1. The molecular formula is C34H52N4O7. The second-order valence-corrected chi connectivity index (χ2v) is 13.0. The molecule has 11 nitrogen and oxygen atoms in total. The Balaban J connectivity index is 1.08. The third-order valence-corrected chi connectivity index (χ3v) is 9.33. The molecule has 0 aromatic heterocycles. The van der Waals surface area contributed by atoms with Crippen molar-refractivity contribution in [3.63, 3.8) is 0 Å². The van der Waals surface area contributed by atoms with E-state index in [4.69, 9.17) is 24.7 Å². The van der Waals surface area contributed by atoms with Gasteiger partial charge in [0.05, 0.1) is 31.2 Å². The Morgan fingerprint density at radius 1 is 1.09 bits per heavy atom. The Hall–Kier alpha value is -2.99. The van der Waals surface area contributed by atoms with Gasteiger partial charge in [-0.2, -0.15) is 0 Å². The number of nitrogens with one attached hydrogen (secondary N) is 3. The van der Waals surface area contributed by atoms with E-state index < -0.39 is 18.0 Å². The molecule has 1 saturated carbocycles. The van der Waals surface area contributed by atoms with Crippen molar-refractivity contribution in [2.24, 2.45) is 11.7 Å². The van der Waals surface area contributed by atoms with Crippen molar-refractivity contribution >= 4 is 17.9 Å². The zero-order valence-corrected chi connectivity index (χ0v) is 27.3. The molecule has 3 fully saturated rings. The first-order chi connectivity index (χ1) is 21.6. The molecule has 2 heterocycles. The number of benzene rings is 1. The van der Waals surface area contributed by atoms with Gasteiger partial charge in [0.2, 0.25) is 11.8 Å². The van der Waals surface area contributed by atoms with Crippen LogP contribution in [0.5, 0.6) is 0 Å². The first kappa shape index (κ1) is 34.9. The van der Waals surface area contributed by atoms with Crippen LogP contribution in [0.1, 0.15) is 71.3 Å². The molecule has 2 aliphatic heterocycles. The maximum absolute atomic E-state index is 12.7. The lowest BCUT2D eigenvalue weighted by atomic mass is 9.68. The highest BCUT2D eigenvalue weighted by molar-refractivity contribution is 5.82. The van der Waals surface area contributed by atoms with E-state index in [1.54, 1.807) is 7.11 Å². The zero-order chi connectivity index (χ0) is 32.5. The van der Waals surface area contributed by atoms with Gasteiger partial charge in [0.15, 0.2) is 0 Å². The maximum atomic E-state index is 12.7. The van der Waals surface area contributed by atoms with E-state index in [1.807, 2.05) is 30.3 Å². The maximum Gasteiger partial charge on any atom is 0.407 e. The molecule has 1 spiro atoms. The van der Waals surface area contributed by atoms with Crippen molar-refractivity contribution < 1.29 is 33.3 Å². The number of hydrogen-bond acceptors (Lipinski definition) is 8. The highest BCUT2D eigenvalue weighted by Gasteiger charge is 2.72. The molecule has 11 heteroatoms. The number of methoxy groups -OCH3 is 1. The summed E-state index contributed by atoms with van der Waals surface area (Å²) < 4.78 is 24.1. The molecule has 3 amide bonds. The largest absolute Gasteiger partial charge is 0.443 e. The number of unbranched alkanes of at least 4 members (excludes halogenated alkanes) is 3. The second kappa shape index (κ2) is 16.0. The summed E-state index contributed by atoms with van der Waals surface area (Å²) in [6.45, 7) is 8.07. The number of carbonyl (C=O) groups is 3. The molecule has 0 bridgehead atoms. The summed E-state index contributed by atoms with van der Waals surface area (Å²) in [5.41, 5.74) is 7.12. The van der Waals surface area contributed by atoms with Crippen LogP contribution in [0.4, 0.5) is 4.79 Å². The lowest BCUT2D eigenvalue weighted by molar-refractivity contribution is -0.121. The fourth-order valence-electron chi connectivity index (χ4n) is 6.67. The molecule has 4 unspecified atom stereocenters. The molecule has 4 rings (SSSR count). The predicted molar refractivity (Wildman–Crippen MR) is 170 cm³/mol.